The Hall–Kier alpha value is -2.05. The predicted octanol–water partition coefficient (Wildman–Crippen LogP) is 3.09. The maximum absolute atomic E-state index is 12.5. The van der Waals surface area contributed by atoms with Gasteiger partial charge in [-0.05, 0) is 48.9 Å². The number of amides is 1. The fourth-order valence-electron chi connectivity index (χ4n) is 3.10. The van der Waals surface area contributed by atoms with E-state index in [0.717, 1.165) is 11.8 Å². The topological polar surface area (TPSA) is 112 Å². The average molecular weight is 531 g/mol. The molecular weight excluding hydrogens is 508 g/mol. The largest absolute Gasteiger partial charge is 0.383 e. The first-order valence-corrected chi connectivity index (χ1v) is 14.6. The van der Waals surface area contributed by atoms with Crippen molar-refractivity contribution in [3.63, 3.8) is 0 Å². The molecule has 1 heterocycles. The highest BCUT2D eigenvalue weighted by Gasteiger charge is 2.16. The minimum Gasteiger partial charge on any atom is -0.383 e. The third-order valence-electron chi connectivity index (χ3n) is 4.80. The van der Waals surface area contributed by atoms with Crippen molar-refractivity contribution in [2.45, 2.75) is 29.2 Å². The van der Waals surface area contributed by atoms with E-state index in [0.29, 0.717) is 27.7 Å². The summed E-state index contributed by atoms with van der Waals surface area (Å²) in [4.78, 5) is 17.4. The molecule has 0 saturated heterocycles. The molecule has 178 valence electrons. The third kappa shape index (κ3) is 6.51. The van der Waals surface area contributed by atoms with E-state index in [1.807, 2.05) is 0 Å². The summed E-state index contributed by atoms with van der Waals surface area (Å²) in [6, 6.07) is 10.6. The van der Waals surface area contributed by atoms with E-state index in [9.17, 15) is 21.6 Å². The van der Waals surface area contributed by atoms with Crippen molar-refractivity contribution in [3.05, 3.63) is 52.3 Å². The summed E-state index contributed by atoms with van der Waals surface area (Å²) in [7, 11) is -5.36. The van der Waals surface area contributed by atoms with Gasteiger partial charge >= 0.3 is 0 Å². The standard InChI is InChI=1S/C21H23ClN2O6S3/c1-30-12-11-24-18-10-9-17(32(2,26)27)14-19(18)31-21(24)23-20(25)4-3-13-33(28,29)16-7-5-15(22)6-8-16/h5-10,14H,3-4,11-13H2,1-2H3. The minimum atomic E-state index is -3.53. The van der Waals surface area contributed by atoms with Crippen LogP contribution in [-0.2, 0) is 35.8 Å². The van der Waals surface area contributed by atoms with Crippen molar-refractivity contribution in [1.82, 2.24) is 4.57 Å². The van der Waals surface area contributed by atoms with E-state index in [-0.39, 0.29) is 28.4 Å². The van der Waals surface area contributed by atoms with Crippen LogP contribution in [0.1, 0.15) is 12.8 Å². The SMILES string of the molecule is COCCn1c(=NC(=O)CCCS(=O)(=O)c2ccc(Cl)cc2)sc2cc(S(C)(=O)=O)ccc21. The average Bonchev–Trinajstić information content (AvgIpc) is 3.07. The van der Waals surface area contributed by atoms with Gasteiger partial charge in [-0.3, -0.25) is 4.79 Å². The molecule has 0 bridgehead atoms. The molecule has 0 aliphatic heterocycles. The van der Waals surface area contributed by atoms with Gasteiger partial charge in [-0.2, -0.15) is 4.99 Å². The molecule has 3 rings (SSSR count). The van der Waals surface area contributed by atoms with Gasteiger partial charge in [-0.1, -0.05) is 22.9 Å². The molecule has 12 heteroatoms. The van der Waals surface area contributed by atoms with Crippen LogP contribution in [0.2, 0.25) is 5.02 Å². The van der Waals surface area contributed by atoms with Crippen LogP contribution in [-0.4, -0.2) is 53.0 Å². The smallest absolute Gasteiger partial charge is 0.248 e. The van der Waals surface area contributed by atoms with Crippen molar-refractivity contribution in [2.75, 3.05) is 25.7 Å². The number of carbonyl (C=O) groups excluding carboxylic acids is 1. The van der Waals surface area contributed by atoms with Crippen molar-refractivity contribution < 1.29 is 26.4 Å². The maximum atomic E-state index is 12.5. The Morgan fingerprint density at radius 1 is 1.09 bits per heavy atom. The lowest BCUT2D eigenvalue weighted by atomic mass is 10.3. The molecule has 0 unspecified atom stereocenters. The molecule has 1 aromatic heterocycles. The molecule has 2 aromatic carbocycles. The summed E-state index contributed by atoms with van der Waals surface area (Å²) in [6.45, 7) is 0.798. The summed E-state index contributed by atoms with van der Waals surface area (Å²) in [6.07, 6.45) is 1.21. The van der Waals surface area contributed by atoms with Gasteiger partial charge in [0.25, 0.3) is 0 Å². The lowest BCUT2D eigenvalue weighted by molar-refractivity contribution is -0.118. The first-order chi connectivity index (χ1) is 15.5. The lowest BCUT2D eigenvalue weighted by Crippen LogP contribution is -2.19. The van der Waals surface area contributed by atoms with E-state index < -0.39 is 25.6 Å². The summed E-state index contributed by atoms with van der Waals surface area (Å²) in [5.74, 6) is -0.647. The number of hydrogen-bond donors (Lipinski definition) is 0. The molecule has 0 fully saturated rings. The van der Waals surface area contributed by atoms with Gasteiger partial charge in [0.15, 0.2) is 24.5 Å². The Morgan fingerprint density at radius 2 is 1.76 bits per heavy atom. The molecular formula is C21H23ClN2O6S3. The number of methoxy groups -OCH3 is 1. The lowest BCUT2D eigenvalue weighted by Gasteiger charge is -2.05. The van der Waals surface area contributed by atoms with E-state index >= 15 is 0 Å². The number of ether oxygens (including phenoxy) is 1. The van der Waals surface area contributed by atoms with Crippen LogP contribution in [0.4, 0.5) is 0 Å². The summed E-state index contributed by atoms with van der Waals surface area (Å²) in [5, 5.41) is 0.441. The molecule has 0 aliphatic carbocycles. The quantitative estimate of drug-likeness (QED) is 0.420. The van der Waals surface area contributed by atoms with Crippen LogP contribution in [0.3, 0.4) is 0 Å². The van der Waals surface area contributed by atoms with Gasteiger partial charge in [0, 0.05) is 31.4 Å². The first kappa shape index (κ1) is 25.6. The van der Waals surface area contributed by atoms with Gasteiger partial charge in [-0.15, -0.1) is 0 Å². The van der Waals surface area contributed by atoms with E-state index in [1.165, 1.54) is 41.7 Å². The van der Waals surface area contributed by atoms with Crippen LogP contribution >= 0.6 is 22.9 Å². The number of fused-ring (bicyclic) bond motifs is 1. The number of rotatable bonds is 9. The van der Waals surface area contributed by atoms with Crippen LogP contribution in [0.25, 0.3) is 10.2 Å². The van der Waals surface area contributed by atoms with Gasteiger partial charge in [-0.25, -0.2) is 16.8 Å². The number of aromatic nitrogens is 1. The molecule has 1 amide bonds. The van der Waals surface area contributed by atoms with Gasteiger partial charge in [0.1, 0.15) is 0 Å². The second-order valence-corrected chi connectivity index (χ2v) is 12.9. The number of carbonyl (C=O) groups is 1. The van der Waals surface area contributed by atoms with Crippen LogP contribution in [0.5, 0.6) is 0 Å². The Labute approximate surface area is 201 Å². The zero-order valence-corrected chi connectivity index (χ0v) is 21.2. The third-order valence-corrected chi connectivity index (χ3v) is 9.02. The fourth-order valence-corrected chi connectivity index (χ4v) is 6.38. The van der Waals surface area contributed by atoms with Crippen molar-refractivity contribution in [1.29, 1.82) is 0 Å². The summed E-state index contributed by atoms with van der Waals surface area (Å²) < 4.78 is 56.2. The predicted molar refractivity (Wildman–Crippen MR) is 128 cm³/mol. The second-order valence-electron chi connectivity index (χ2n) is 7.31. The van der Waals surface area contributed by atoms with E-state index in [1.54, 1.807) is 23.8 Å². The number of benzene rings is 2. The molecule has 0 radical (unpaired) electrons. The second kappa shape index (κ2) is 10.5. The molecule has 0 atom stereocenters. The molecule has 0 N–H and O–H groups in total. The van der Waals surface area contributed by atoms with Gasteiger partial charge in [0.2, 0.25) is 5.91 Å². The summed E-state index contributed by atoms with van der Waals surface area (Å²) >= 11 is 6.99. The molecule has 0 saturated carbocycles. The monoisotopic (exact) mass is 530 g/mol. The highest BCUT2D eigenvalue weighted by Crippen LogP contribution is 2.22. The van der Waals surface area contributed by atoms with Crippen LogP contribution in [0.15, 0.2) is 57.2 Å². The molecule has 0 spiro atoms. The Morgan fingerprint density at radius 3 is 2.39 bits per heavy atom. The van der Waals surface area contributed by atoms with Crippen molar-refractivity contribution in [2.24, 2.45) is 4.99 Å². The number of sulfone groups is 2. The minimum absolute atomic E-state index is 0.0417. The van der Waals surface area contributed by atoms with E-state index in [4.69, 9.17) is 16.3 Å². The zero-order chi connectivity index (χ0) is 24.2. The Bertz CT molecular complexity index is 1440. The van der Waals surface area contributed by atoms with E-state index in [2.05, 4.69) is 4.99 Å². The fraction of sp³-hybridized carbons (Fsp3) is 0.333. The number of thiazole rings is 1. The van der Waals surface area contributed by atoms with Gasteiger partial charge in [0.05, 0.1) is 32.4 Å². The molecule has 33 heavy (non-hydrogen) atoms. The highest BCUT2D eigenvalue weighted by molar-refractivity contribution is 7.91. The number of hydrogen-bond acceptors (Lipinski definition) is 7. The zero-order valence-electron chi connectivity index (χ0n) is 18.0. The highest BCUT2D eigenvalue weighted by atomic mass is 35.5. The van der Waals surface area contributed by atoms with Crippen LogP contribution < -0.4 is 4.80 Å². The summed E-state index contributed by atoms with van der Waals surface area (Å²) in [5.41, 5.74) is 0.737. The van der Waals surface area contributed by atoms with Gasteiger partial charge < -0.3 is 9.30 Å². The number of halogens is 1. The molecule has 3 aromatic rings. The van der Waals surface area contributed by atoms with Crippen molar-refractivity contribution >= 4 is 58.7 Å². The Kier molecular flexibility index (Phi) is 8.12. The molecule has 0 aliphatic rings. The normalized spacial score (nSPS) is 13.0. The Balaban J connectivity index is 1.81. The van der Waals surface area contributed by atoms with Crippen molar-refractivity contribution in [3.8, 4) is 0 Å². The number of nitrogens with zero attached hydrogens (tertiary/aromatic N) is 2. The molecule has 8 nitrogen and oxygen atoms in total. The first-order valence-electron chi connectivity index (χ1n) is 9.89. The van der Waals surface area contributed by atoms with Crippen LogP contribution in [0, 0.1) is 0 Å². The maximum Gasteiger partial charge on any atom is 0.248 e.